The van der Waals surface area contributed by atoms with Crippen molar-refractivity contribution in [1.82, 2.24) is 5.32 Å². The Kier molecular flexibility index (Phi) is 7.00. The lowest BCUT2D eigenvalue weighted by Gasteiger charge is -2.22. The van der Waals surface area contributed by atoms with Crippen LogP contribution in [-0.2, 0) is 4.74 Å². The minimum absolute atomic E-state index is 0.431. The number of halogens is 3. The molecule has 1 N–H and O–H groups in total. The van der Waals surface area contributed by atoms with Gasteiger partial charge in [-0.2, -0.15) is 13.2 Å². The van der Waals surface area contributed by atoms with E-state index in [1.165, 1.54) is 0 Å². The topological polar surface area (TPSA) is 21.3 Å². The molecule has 0 amide bonds. The Morgan fingerprint density at radius 1 is 1.22 bits per heavy atom. The van der Waals surface area contributed by atoms with Gasteiger partial charge in [-0.25, -0.2) is 0 Å². The summed E-state index contributed by atoms with van der Waals surface area (Å²) in [7, 11) is 1.61. The fraction of sp³-hybridized carbons (Fsp3) is 1.00. The average molecular weight is 267 g/mol. The molecule has 18 heavy (non-hydrogen) atoms. The van der Waals surface area contributed by atoms with E-state index in [1.54, 1.807) is 7.05 Å². The lowest BCUT2D eigenvalue weighted by atomic mass is 9.93. The van der Waals surface area contributed by atoms with Crippen LogP contribution < -0.4 is 5.32 Å². The van der Waals surface area contributed by atoms with Crippen LogP contribution >= 0.6 is 0 Å². The number of alkyl halides is 3. The highest BCUT2D eigenvalue weighted by Crippen LogP contribution is 2.25. The standard InChI is InChI=1S/C13H24F3NO/c1-17-12(10-13(14,15)16)5-3-2-4-11-6-8-18-9-7-11/h11-12,17H,2-10H2,1H3. The molecule has 1 aliphatic rings. The summed E-state index contributed by atoms with van der Waals surface area (Å²) < 4.78 is 42.0. The van der Waals surface area contributed by atoms with E-state index < -0.39 is 18.6 Å². The Balaban J connectivity index is 2.07. The van der Waals surface area contributed by atoms with Crippen LogP contribution in [0.4, 0.5) is 13.2 Å². The molecule has 0 radical (unpaired) electrons. The van der Waals surface area contributed by atoms with Crippen molar-refractivity contribution in [2.24, 2.45) is 5.92 Å². The maximum atomic E-state index is 12.2. The summed E-state index contributed by atoms with van der Waals surface area (Å²) >= 11 is 0. The van der Waals surface area contributed by atoms with E-state index in [4.69, 9.17) is 4.74 Å². The molecule has 0 aromatic carbocycles. The highest BCUT2D eigenvalue weighted by atomic mass is 19.4. The largest absolute Gasteiger partial charge is 0.390 e. The van der Waals surface area contributed by atoms with E-state index in [0.717, 1.165) is 51.2 Å². The maximum Gasteiger partial charge on any atom is 0.390 e. The van der Waals surface area contributed by atoms with Crippen LogP contribution in [-0.4, -0.2) is 32.5 Å². The zero-order chi connectivity index (χ0) is 13.4. The van der Waals surface area contributed by atoms with Gasteiger partial charge in [-0.05, 0) is 32.2 Å². The summed E-state index contributed by atoms with van der Waals surface area (Å²) in [6, 6.07) is -0.431. The molecular weight excluding hydrogens is 243 g/mol. The van der Waals surface area contributed by atoms with Crippen molar-refractivity contribution in [1.29, 1.82) is 0 Å². The van der Waals surface area contributed by atoms with Crippen LogP contribution in [0.5, 0.6) is 0 Å². The highest BCUT2D eigenvalue weighted by Gasteiger charge is 2.30. The van der Waals surface area contributed by atoms with Gasteiger partial charge in [-0.3, -0.25) is 0 Å². The third kappa shape index (κ3) is 7.21. The van der Waals surface area contributed by atoms with Crippen molar-refractivity contribution in [3.8, 4) is 0 Å². The molecule has 2 nitrogen and oxygen atoms in total. The monoisotopic (exact) mass is 267 g/mol. The van der Waals surface area contributed by atoms with Crippen molar-refractivity contribution < 1.29 is 17.9 Å². The number of hydrogen-bond acceptors (Lipinski definition) is 2. The summed E-state index contributed by atoms with van der Waals surface area (Å²) in [5.41, 5.74) is 0. The van der Waals surface area contributed by atoms with Gasteiger partial charge in [0, 0.05) is 19.3 Å². The van der Waals surface area contributed by atoms with Crippen molar-refractivity contribution in [3.63, 3.8) is 0 Å². The van der Waals surface area contributed by atoms with Crippen LogP contribution in [0.2, 0.25) is 0 Å². The summed E-state index contributed by atoms with van der Waals surface area (Å²) in [6.45, 7) is 1.69. The van der Waals surface area contributed by atoms with Crippen LogP contribution in [0.25, 0.3) is 0 Å². The Morgan fingerprint density at radius 2 is 1.89 bits per heavy atom. The summed E-state index contributed by atoms with van der Waals surface area (Å²) in [5.74, 6) is 0.717. The second kappa shape index (κ2) is 8.00. The number of unbranched alkanes of at least 4 members (excludes halogenated alkanes) is 1. The van der Waals surface area contributed by atoms with E-state index in [9.17, 15) is 13.2 Å². The zero-order valence-electron chi connectivity index (χ0n) is 11.1. The minimum Gasteiger partial charge on any atom is -0.381 e. The molecule has 1 unspecified atom stereocenters. The van der Waals surface area contributed by atoms with Crippen LogP contribution in [0, 0.1) is 5.92 Å². The molecule has 1 saturated heterocycles. The van der Waals surface area contributed by atoms with E-state index in [1.807, 2.05) is 0 Å². The molecule has 0 aliphatic carbocycles. The number of nitrogens with one attached hydrogen (secondary N) is 1. The third-order valence-electron chi connectivity index (χ3n) is 3.64. The van der Waals surface area contributed by atoms with Gasteiger partial charge in [0.25, 0.3) is 0 Å². The van der Waals surface area contributed by atoms with Crippen LogP contribution in [0.3, 0.4) is 0 Å². The van der Waals surface area contributed by atoms with Crippen molar-refractivity contribution in [3.05, 3.63) is 0 Å². The molecule has 5 heteroatoms. The predicted octanol–water partition coefficient (Wildman–Crippen LogP) is 3.51. The molecule has 1 fully saturated rings. The van der Waals surface area contributed by atoms with E-state index in [-0.39, 0.29) is 0 Å². The van der Waals surface area contributed by atoms with Gasteiger partial charge >= 0.3 is 6.18 Å². The minimum atomic E-state index is -4.06. The first kappa shape index (κ1) is 15.8. The maximum absolute atomic E-state index is 12.2. The SMILES string of the molecule is CNC(CCCCC1CCOCC1)CC(F)(F)F. The molecular formula is C13H24F3NO. The zero-order valence-corrected chi connectivity index (χ0v) is 11.1. The Hall–Kier alpha value is -0.290. The van der Waals surface area contributed by atoms with E-state index >= 15 is 0 Å². The van der Waals surface area contributed by atoms with Gasteiger partial charge in [0.2, 0.25) is 0 Å². The lowest BCUT2D eigenvalue weighted by Crippen LogP contribution is -2.31. The van der Waals surface area contributed by atoms with Crippen LogP contribution in [0.15, 0.2) is 0 Å². The first-order valence-corrected chi connectivity index (χ1v) is 6.83. The second-order valence-corrected chi connectivity index (χ2v) is 5.15. The molecule has 1 atom stereocenters. The van der Waals surface area contributed by atoms with Gasteiger partial charge in [-0.15, -0.1) is 0 Å². The second-order valence-electron chi connectivity index (χ2n) is 5.15. The van der Waals surface area contributed by atoms with Gasteiger partial charge < -0.3 is 10.1 Å². The van der Waals surface area contributed by atoms with Gasteiger partial charge in [0.05, 0.1) is 6.42 Å². The molecule has 0 saturated carbocycles. The Morgan fingerprint density at radius 3 is 2.44 bits per heavy atom. The van der Waals surface area contributed by atoms with E-state index in [0.29, 0.717) is 6.42 Å². The summed E-state index contributed by atoms with van der Waals surface area (Å²) in [5, 5.41) is 2.76. The first-order valence-electron chi connectivity index (χ1n) is 6.83. The highest BCUT2D eigenvalue weighted by molar-refractivity contribution is 4.70. The molecule has 0 aromatic rings. The summed E-state index contributed by atoms with van der Waals surface area (Å²) in [4.78, 5) is 0. The smallest absolute Gasteiger partial charge is 0.381 e. The molecule has 1 rings (SSSR count). The third-order valence-corrected chi connectivity index (χ3v) is 3.64. The van der Waals surface area contributed by atoms with Gasteiger partial charge in [0.15, 0.2) is 0 Å². The Bertz CT molecular complexity index is 215. The van der Waals surface area contributed by atoms with E-state index in [2.05, 4.69) is 5.32 Å². The van der Waals surface area contributed by atoms with Crippen molar-refractivity contribution in [2.45, 2.75) is 57.2 Å². The molecule has 1 aliphatic heterocycles. The van der Waals surface area contributed by atoms with Gasteiger partial charge in [-0.1, -0.05) is 19.3 Å². The molecule has 0 spiro atoms. The fourth-order valence-corrected chi connectivity index (χ4v) is 2.49. The molecule has 0 aromatic heterocycles. The molecule has 0 bridgehead atoms. The molecule has 1 heterocycles. The van der Waals surface area contributed by atoms with Crippen molar-refractivity contribution >= 4 is 0 Å². The van der Waals surface area contributed by atoms with Gasteiger partial charge in [0.1, 0.15) is 0 Å². The quantitative estimate of drug-likeness (QED) is 0.713. The first-order chi connectivity index (χ1) is 8.51. The predicted molar refractivity (Wildman–Crippen MR) is 65.5 cm³/mol. The van der Waals surface area contributed by atoms with Crippen molar-refractivity contribution in [2.75, 3.05) is 20.3 Å². The normalized spacial score (nSPS) is 20.0. The lowest BCUT2D eigenvalue weighted by molar-refractivity contribution is -0.140. The summed E-state index contributed by atoms with van der Waals surface area (Å²) in [6.07, 6.45) is 1.08. The number of ether oxygens (including phenoxy) is 1. The number of hydrogen-bond donors (Lipinski definition) is 1. The number of rotatable bonds is 7. The fourth-order valence-electron chi connectivity index (χ4n) is 2.49. The van der Waals surface area contributed by atoms with Crippen LogP contribution in [0.1, 0.15) is 44.9 Å². The Labute approximate surface area is 107 Å². The average Bonchev–Trinajstić information content (AvgIpc) is 2.33. The molecule has 108 valence electrons.